The summed E-state index contributed by atoms with van der Waals surface area (Å²) in [4.78, 5) is 26.8. The standard InChI is InChI=1S/C19H27ClN2O3/c1-4-13(5-2)19(24)22-10-8-14(9-11-22)18(23)21-15-6-7-17(25-3)16(20)12-15/h6-7,12-14H,4-5,8-11H2,1-3H3,(H,21,23). The molecule has 1 saturated heterocycles. The fourth-order valence-corrected chi connectivity index (χ4v) is 3.50. The Morgan fingerprint density at radius 1 is 1.28 bits per heavy atom. The number of likely N-dealkylation sites (tertiary alicyclic amines) is 1. The minimum absolute atomic E-state index is 0.0177. The fourth-order valence-electron chi connectivity index (χ4n) is 3.25. The van der Waals surface area contributed by atoms with Crippen molar-refractivity contribution in [3.63, 3.8) is 0 Å². The van der Waals surface area contributed by atoms with Crippen molar-refractivity contribution in [2.45, 2.75) is 39.5 Å². The van der Waals surface area contributed by atoms with Crippen molar-refractivity contribution in [1.82, 2.24) is 4.90 Å². The zero-order valence-corrected chi connectivity index (χ0v) is 15.9. The molecule has 2 rings (SSSR count). The Morgan fingerprint density at radius 2 is 1.92 bits per heavy atom. The Kier molecular flexibility index (Phi) is 7.12. The predicted octanol–water partition coefficient (Wildman–Crippen LogP) is 3.96. The van der Waals surface area contributed by atoms with E-state index in [0.717, 1.165) is 12.8 Å². The predicted molar refractivity (Wildman–Crippen MR) is 100 cm³/mol. The number of rotatable bonds is 6. The average molecular weight is 367 g/mol. The number of halogens is 1. The van der Waals surface area contributed by atoms with Crippen molar-refractivity contribution < 1.29 is 14.3 Å². The monoisotopic (exact) mass is 366 g/mol. The maximum absolute atomic E-state index is 12.5. The lowest BCUT2D eigenvalue weighted by molar-refractivity contribution is -0.138. The van der Waals surface area contributed by atoms with E-state index in [9.17, 15) is 9.59 Å². The number of anilines is 1. The van der Waals surface area contributed by atoms with Crippen LogP contribution in [-0.4, -0.2) is 36.9 Å². The van der Waals surface area contributed by atoms with E-state index in [2.05, 4.69) is 5.32 Å². The summed E-state index contributed by atoms with van der Waals surface area (Å²) in [6.07, 6.45) is 3.13. The third-order valence-corrected chi connectivity index (χ3v) is 5.23. The van der Waals surface area contributed by atoms with Crippen LogP contribution in [0.3, 0.4) is 0 Å². The molecule has 0 radical (unpaired) electrons. The number of hydrogen-bond acceptors (Lipinski definition) is 3. The van der Waals surface area contributed by atoms with Gasteiger partial charge in [0.2, 0.25) is 11.8 Å². The number of carbonyl (C=O) groups is 2. The Bertz CT molecular complexity index is 609. The topological polar surface area (TPSA) is 58.6 Å². The van der Waals surface area contributed by atoms with Gasteiger partial charge in [0.05, 0.1) is 12.1 Å². The molecule has 0 unspecified atom stereocenters. The molecule has 0 atom stereocenters. The number of nitrogens with zero attached hydrogens (tertiary/aromatic N) is 1. The normalized spacial score (nSPS) is 15.3. The van der Waals surface area contributed by atoms with E-state index >= 15 is 0 Å². The van der Waals surface area contributed by atoms with Gasteiger partial charge in [-0.1, -0.05) is 25.4 Å². The first-order chi connectivity index (χ1) is 12.0. The Morgan fingerprint density at radius 3 is 2.44 bits per heavy atom. The van der Waals surface area contributed by atoms with Gasteiger partial charge in [0, 0.05) is 30.6 Å². The summed E-state index contributed by atoms with van der Waals surface area (Å²) in [7, 11) is 1.55. The van der Waals surface area contributed by atoms with Crippen LogP contribution in [0.1, 0.15) is 39.5 Å². The lowest BCUT2D eigenvalue weighted by Gasteiger charge is -2.33. The molecule has 1 fully saturated rings. The molecular formula is C19H27ClN2O3. The van der Waals surface area contributed by atoms with Crippen LogP contribution in [-0.2, 0) is 9.59 Å². The lowest BCUT2D eigenvalue weighted by atomic mass is 9.93. The van der Waals surface area contributed by atoms with E-state index in [-0.39, 0.29) is 23.7 Å². The number of ether oxygens (including phenoxy) is 1. The quantitative estimate of drug-likeness (QED) is 0.828. The Hall–Kier alpha value is -1.75. The van der Waals surface area contributed by atoms with Crippen molar-refractivity contribution >= 4 is 29.1 Å². The van der Waals surface area contributed by atoms with E-state index in [4.69, 9.17) is 16.3 Å². The third kappa shape index (κ3) is 4.88. The van der Waals surface area contributed by atoms with Crippen molar-refractivity contribution in [2.24, 2.45) is 11.8 Å². The van der Waals surface area contributed by atoms with Gasteiger partial charge in [-0.15, -0.1) is 0 Å². The highest BCUT2D eigenvalue weighted by Gasteiger charge is 2.29. The van der Waals surface area contributed by atoms with Crippen molar-refractivity contribution in [3.05, 3.63) is 23.2 Å². The molecular weight excluding hydrogens is 340 g/mol. The number of nitrogens with one attached hydrogen (secondary N) is 1. The highest BCUT2D eigenvalue weighted by molar-refractivity contribution is 6.32. The van der Waals surface area contributed by atoms with Gasteiger partial charge in [0.1, 0.15) is 5.75 Å². The summed E-state index contributed by atoms with van der Waals surface area (Å²) in [6, 6.07) is 5.19. The molecule has 1 aromatic carbocycles. The first kappa shape index (κ1) is 19.6. The summed E-state index contributed by atoms with van der Waals surface area (Å²) in [6.45, 7) is 5.39. The molecule has 0 aromatic heterocycles. The lowest BCUT2D eigenvalue weighted by Crippen LogP contribution is -2.43. The summed E-state index contributed by atoms with van der Waals surface area (Å²) in [5, 5.41) is 3.37. The molecule has 1 N–H and O–H groups in total. The van der Waals surface area contributed by atoms with Gasteiger partial charge in [-0.2, -0.15) is 0 Å². The van der Waals surface area contributed by atoms with E-state index < -0.39 is 0 Å². The van der Waals surface area contributed by atoms with Crippen LogP contribution in [0.2, 0.25) is 5.02 Å². The molecule has 0 aliphatic carbocycles. The molecule has 25 heavy (non-hydrogen) atoms. The van der Waals surface area contributed by atoms with Gasteiger partial charge in [-0.05, 0) is 43.9 Å². The van der Waals surface area contributed by atoms with Gasteiger partial charge >= 0.3 is 0 Å². The van der Waals surface area contributed by atoms with E-state index in [0.29, 0.717) is 42.4 Å². The third-order valence-electron chi connectivity index (χ3n) is 4.93. The molecule has 1 heterocycles. The number of hydrogen-bond donors (Lipinski definition) is 1. The molecule has 2 amide bonds. The number of benzene rings is 1. The van der Waals surface area contributed by atoms with E-state index in [1.165, 1.54) is 0 Å². The van der Waals surface area contributed by atoms with Crippen LogP contribution >= 0.6 is 11.6 Å². The van der Waals surface area contributed by atoms with E-state index in [1.54, 1.807) is 25.3 Å². The fraction of sp³-hybridized carbons (Fsp3) is 0.579. The number of amides is 2. The molecule has 5 nitrogen and oxygen atoms in total. The van der Waals surface area contributed by atoms with Crippen molar-refractivity contribution in [1.29, 1.82) is 0 Å². The summed E-state index contributed by atoms with van der Waals surface area (Å²) in [5.74, 6) is 0.813. The second kappa shape index (κ2) is 9.09. The van der Waals surface area contributed by atoms with Gasteiger partial charge in [0.15, 0.2) is 0 Å². The number of carbonyl (C=O) groups excluding carboxylic acids is 2. The van der Waals surface area contributed by atoms with Crippen LogP contribution in [0.15, 0.2) is 18.2 Å². The van der Waals surface area contributed by atoms with Crippen LogP contribution in [0.25, 0.3) is 0 Å². The second-order valence-electron chi connectivity index (χ2n) is 6.45. The number of piperidine rings is 1. The summed E-state index contributed by atoms with van der Waals surface area (Å²) >= 11 is 6.09. The maximum Gasteiger partial charge on any atom is 0.227 e. The van der Waals surface area contributed by atoms with Crippen LogP contribution in [0, 0.1) is 11.8 Å². The van der Waals surface area contributed by atoms with Crippen LogP contribution in [0.5, 0.6) is 5.75 Å². The molecule has 0 saturated carbocycles. The molecule has 0 bridgehead atoms. The first-order valence-electron chi connectivity index (χ1n) is 8.93. The second-order valence-corrected chi connectivity index (χ2v) is 6.86. The minimum atomic E-state index is -0.0772. The molecule has 1 aromatic rings. The van der Waals surface area contributed by atoms with Crippen molar-refractivity contribution in [3.8, 4) is 5.75 Å². The zero-order chi connectivity index (χ0) is 18.4. The smallest absolute Gasteiger partial charge is 0.227 e. The van der Waals surface area contributed by atoms with Gasteiger partial charge in [-0.3, -0.25) is 9.59 Å². The molecule has 1 aliphatic heterocycles. The number of methoxy groups -OCH3 is 1. The highest BCUT2D eigenvalue weighted by atomic mass is 35.5. The highest BCUT2D eigenvalue weighted by Crippen LogP contribution is 2.28. The van der Waals surface area contributed by atoms with Gasteiger partial charge < -0.3 is 15.0 Å². The largest absolute Gasteiger partial charge is 0.495 e. The Labute approximate surface area is 154 Å². The summed E-state index contributed by atoms with van der Waals surface area (Å²) in [5.41, 5.74) is 0.659. The summed E-state index contributed by atoms with van der Waals surface area (Å²) < 4.78 is 5.11. The van der Waals surface area contributed by atoms with Gasteiger partial charge in [0.25, 0.3) is 0 Å². The molecule has 138 valence electrons. The minimum Gasteiger partial charge on any atom is -0.495 e. The molecule has 6 heteroatoms. The molecule has 0 spiro atoms. The van der Waals surface area contributed by atoms with Crippen molar-refractivity contribution in [2.75, 3.05) is 25.5 Å². The van der Waals surface area contributed by atoms with Crippen LogP contribution in [0.4, 0.5) is 5.69 Å². The molecule has 1 aliphatic rings. The first-order valence-corrected chi connectivity index (χ1v) is 9.31. The van der Waals surface area contributed by atoms with E-state index in [1.807, 2.05) is 18.7 Å². The Balaban J connectivity index is 1.89. The van der Waals surface area contributed by atoms with Crippen LogP contribution < -0.4 is 10.1 Å². The zero-order valence-electron chi connectivity index (χ0n) is 15.2. The maximum atomic E-state index is 12.5. The average Bonchev–Trinajstić information content (AvgIpc) is 2.63. The SMILES string of the molecule is CCC(CC)C(=O)N1CCC(C(=O)Nc2ccc(OC)c(Cl)c2)CC1. The van der Waals surface area contributed by atoms with Gasteiger partial charge in [-0.25, -0.2) is 0 Å².